The molecule has 0 fully saturated rings. The first-order chi connectivity index (χ1) is 13.5. The number of nitrogens with zero attached hydrogens (tertiary/aromatic N) is 4. The molecule has 2 aromatic carbocycles. The zero-order chi connectivity index (χ0) is 19.7. The van der Waals surface area contributed by atoms with E-state index >= 15 is 0 Å². The van der Waals surface area contributed by atoms with Crippen molar-refractivity contribution in [3.05, 3.63) is 46.9 Å². The Bertz CT molecular complexity index is 1030. The second kappa shape index (κ2) is 7.80. The molecule has 1 aliphatic heterocycles. The number of amides is 1. The maximum atomic E-state index is 12.9. The van der Waals surface area contributed by atoms with Gasteiger partial charge in [-0.2, -0.15) is 0 Å². The van der Waals surface area contributed by atoms with Gasteiger partial charge in [0.05, 0.1) is 5.69 Å². The number of hydrogen-bond donors (Lipinski definition) is 1. The van der Waals surface area contributed by atoms with Crippen LogP contribution in [0.4, 0.5) is 5.69 Å². The topological polar surface area (TPSA) is 91.2 Å². The van der Waals surface area contributed by atoms with Crippen LogP contribution in [0.15, 0.2) is 57.0 Å². The van der Waals surface area contributed by atoms with E-state index in [1.54, 1.807) is 17.8 Å². The molecule has 144 valence electrons. The number of rotatable bonds is 4. The van der Waals surface area contributed by atoms with Gasteiger partial charge in [-0.25, -0.2) is 4.68 Å². The van der Waals surface area contributed by atoms with E-state index in [9.17, 15) is 4.79 Å². The van der Waals surface area contributed by atoms with Crippen LogP contribution in [0, 0.1) is 0 Å². The second-order valence-corrected chi connectivity index (χ2v) is 8.05. The fourth-order valence-electron chi connectivity index (χ4n) is 2.71. The Balaban J connectivity index is 1.56. The highest BCUT2D eigenvalue weighted by Crippen LogP contribution is 2.36. The molecular formula is C18H16BrN5O3S. The number of halogens is 1. The molecule has 1 N–H and O–H groups in total. The Morgan fingerprint density at radius 2 is 1.96 bits per heavy atom. The molecule has 0 bridgehead atoms. The second-order valence-electron chi connectivity index (χ2n) is 6.13. The van der Waals surface area contributed by atoms with E-state index < -0.39 is 12.2 Å². The van der Waals surface area contributed by atoms with Crippen LogP contribution in [0.1, 0.15) is 6.92 Å². The molecule has 2 atom stereocenters. The predicted octanol–water partition coefficient (Wildman–Crippen LogP) is 3.29. The van der Waals surface area contributed by atoms with E-state index in [2.05, 4.69) is 36.8 Å². The highest BCUT2D eigenvalue weighted by Gasteiger charge is 2.34. The van der Waals surface area contributed by atoms with Crippen LogP contribution in [-0.4, -0.2) is 38.3 Å². The molecule has 0 saturated heterocycles. The summed E-state index contributed by atoms with van der Waals surface area (Å²) in [7, 11) is 1.76. The van der Waals surface area contributed by atoms with Crippen molar-refractivity contribution in [2.75, 3.05) is 5.32 Å². The monoisotopic (exact) mass is 461 g/mol. The molecule has 2 heterocycles. The summed E-state index contributed by atoms with van der Waals surface area (Å²) >= 11 is 4.80. The Hall–Kier alpha value is -2.59. The number of carbonyl (C=O) groups excluding carboxylic acids is 1. The van der Waals surface area contributed by atoms with Gasteiger partial charge in [-0.15, -0.1) is 5.10 Å². The van der Waals surface area contributed by atoms with Crippen LogP contribution in [0.3, 0.4) is 0 Å². The number of carbonyl (C=O) groups is 1. The van der Waals surface area contributed by atoms with Crippen LogP contribution in [0.25, 0.3) is 0 Å². The Morgan fingerprint density at radius 3 is 2.68 bits per heavy atom. The van der Waals surface area contributed by atoms with Crippen LogP contribution < -0.4 is 14.8 Å². The molecule has 28 heavy (non-hydrogen) atoms. The van der Waals surface area contributed by atoms with Gasteiger partial charge >= 0.3 is 0 Å². The van der Waals surface area contributed by atoms with Crippen molar-refractivity contribution in [3.63, 3.8) is 0 Å². The molecule has 1 aromatic heterocycles. The van der Waals surface area contributed by atoms with Crippen molar-refractivity contribution >= 4 is 39.3 Å². The number of anilines is 1. The van der Waals surface area contributed by atoms with Crippen molar-refractivity contribution in [1.29, 1.82) is 0 Å². The average Bonchev–Trinajstić information content (AvgIpc) is 3.08. The van der Waals surface area contributed by atoms with Gasteiger partial charge in [0, 0.05) is 16.4 Å². The molecule has 0 saturated carbocycles. The number of para-hydroxylation sites is 2. The molecule has 3 aromatic rings. The lowest BCUT2D eigenvalue weighted by molar-refractivity contribution is -0.128. The van der Waals surface area contributed by atoms with Crippen molar-refractivity contribution in [2.45, 2.75) is 29.2 Å². The van der Waals surface area contributed by atoms with Crippen LogP contribution >= 0.6 is 27.7 Å². The van der Waals surface area contributed by atoms with Crippen molar-refractivity contribution in [2.24, 2.45) is 7.05 Å². The molecule has 0 unspecified atom stereocenters. The van der Waals surface area contributed by atoms with E-state index in [0.29, 0.717) is 22.3 Å². The summed E-state index contributed by atoms with van der Waals surface area (Å²) in [5.41, 5.74) is 0.627. The number of aromatic nitrogens is 4. The molecule has 1 aliphatic rings. The molecular weight excluding hydrogens is 446 g/mol. The lowest BCUT2D eigenvalue weighted by atomic mass is 10.1. The smallest absolute Gasteiger partial charge is 0.269 e. The third kappa shape index (κ3) is 3.83. The summed E-state index contributed by atoms with van der Waals surface area (Å²) in [6.07, 6.45) is -1.20. The van der Waals surface area contributed by atoms with Gasteiger partial charge in [0.2, 0.25) is 11.3 Å². The fourth-order valence-corrected chi connectivity index (χ4v) is 3.86. The summed E-state index contributed by atoms with van der Waals surface area (Å²) < 4.78 is 14.1. The number of ether oxygens (including phenoxy) is 2. The van der Waals surface area contributed by atoms with Gasteiger partial charge in [0.1, 0.15) is 6.10 Å². The molecule has 0 aliphatic carbocycles. The Kier molecular flexibility index (Phi) is 5.23. The van der Waals surface area contributed by atoms with Crippen LogP contribution in [0.2, 0.25) is 0 Å². The number of tetrazole rings is 1. The van der Waals surface area contributed by atoms with Crippen LogP contribution in [0.5, 0.6) is 11.5 Å². The highest BCUT2D eigenvalue weighted by molar-refractivity contribution is 9.10. The number of hydrogen-bond acceptors (Lipinski definition) is 7. The summed E-state index contributed by atoms with van der Waals surface area (Å²) in [5, 5.41) is 15.0. The zero-order valence-corrected chi connectivity index (χ0v) is 17.4. The molecule has 10 heteroatoms. The average molecular weight is 462 g/mol. The fraction of sp³-hybridized carbons (Fsp3) is 0.222. The van der Waals surface area contributed by atoms with Gasteiger partial charge < -0.3 is 14.8 Å². The van der Waals surface area contributed by atoms with Gasteiger partial charge in [0.25, 0.3) is 5.91 Å². The third-order valence-corrected chi connectivity index (χ3v) is 5.68. The summed E-state index contributed by atoms with van der Waals surface area (Å²) in [6.45, 7) is 1.81. The SMILES string of the molecule is C[C@H]1Oc2ccccc2O[C@@H]1C(=O)Nc1cc(Br)ccc1Sc1nnnn1C. The molecule has 0 radical (unpaired) electrons. The molecule has 4 rings (SSSR count). The van der Waals surface area contributed by atoms with Crippen molar-refractivity contribution in [3.8, 4) is 11.5 Å². The third-order valence-electron chi connectivity index (χ3n) is 4.08. The molecule has 8 nitrogen and oxygen atoms in total. The van der Waals surface area contributed by atoms with E-state index in [0.717, 1.165) is 9.37 Å². The first kappa shape index (κ1) is 18.8. The normalized spacial score (nSPS) is 18.0. The van der Waals surface area contributed by atoms with Gasteiger partial charge in [-0.3, -0.25) is 4.79 Å². The number of fused-ring (bicyclic) bond motifs is 1. The predicted molar refractivity (Wildman–Crippen MR) is 107 cm³/mol. The first-order valence-electron chi connectivity index (χ1n) is 8.44. The largest absolute Gasteiger partial charge is 0.482 e. The minimum Gasteiger partial charge on any atom is -0.482 e. The standard InChI is InChI=1S/C18H16BrN5O3S/c1-10-16(27-14-6-4-3-5-13(14)26-10)17(25)20-12-9-11(19)7-8-15(12)28-18-21-22-23-24(18)2/h3-10,16H,1-2H3,(H,20,25)/t10-,16+/m1/s1. The van der Waals surface area contributed by atoms with Crippen molar-refractivity contribution in [1.82, 2.24) is 20.2 Å². The number of nitrogens with one attached hydrogen (secondary N) is 1. The van der Waals surface area contributed by atoms with E-state index in [1.165, 1.54) is 11.8 Å². The highest BCUT2D eigenvalue weighted by atomic mass is 79.9. The van der Waals surface area contributed by atoms with Gasteiger partial charge in [-0.1, -0.05) is 28.1 Å². The minimum absolute atomic E-state index is 0.293. The number of aryl methyl sites for hydroxylation is 1. The quantitative estimate of drug-likeness (QED) is 0.636. The maximum Gasteiger partial charge on any atom is 0.269 e. The van der Waals surface area contributed by atoms with E-state index in [4.69, 9.17) is 9.47 Å². The van der Waals surface area contributed by atoms with E-state index in [1.807, 2.05) is 43.3 Å². The lowest BCUT2D eigenvalue weighted by Gasteiger charge is -2.31. The molecule has 1 amide bonds. The number of benzene rings is 2. The van der Waals surface area contributed by atoms with Crippen LogP contribution in [-0.2, 0) is 11.8 Å². The Labute approximate surface area is 173 Å². The van der Waals surface area contributed by atoms with Gasteiger partial charge in [-0.05, 0) is 59.4 Å². The lowest BCUT2D eigenvalue weighted by Crippen LogP contribution is -2.46. The maximum absolute atomic E-state index is 12.9. The first-order valence-corrected chi connectivity index (χ1v) is 10.0. The van der Waals surface area contributed by atoms with E-state index in [-0.39, 0.29) is 5.91 Å². The minimum atomic E-state index is -0.775. The zero-order valence-electron chi connectivity index (χ0n) is 15.0. The van der Waals surface area contributed by atoms with Crippen molar-refractivity contribution < 1.29 is 14.3 Å². The summed E-state index contributed by atoms with van der Waals surface area (Å²) in [5.74, 6) is 0.889. The van der Waals surface area contributed by atoms with Gasteiger partial charge in [0.15, 0.2) is 11.5 Å². The Morgan fingerprint density at radius 1 is 1.21 bits per heavy atom. The summed E-state index contributed by atoms with van der Waals surface area (Å²) in [6, 6.07) is 12.9. The summed E-state index contributed by atoms with van der Waals surface area (Å²) in [4.78, 5) is 13.7. The molecule has 0 spiro atoms.